The highest BCUT2D eigenvalue weighted by atomic mass is 32.2. The Bertz CT molecular complexity index is 639. The summed E-state index contributed by atoms with van der Waals surface area (Å²) >= 11 is 1.80. The molecule has 1 aliphatic rings. The topological polar surface area (TPSA) is 55.4 Å². The van der Waals surface area contributed by atoms with E-state index >= 15 is 0 Å². The second kappa shape index (κ2) is 7.63. The van der Waals surface area contributed by atoms with E-state index < -0.39 is 27.4 Å². The largest absolute Gasteiger partial charge is 0.416 e. The van der Waals surface area contributed by atoms with Crippen LogP contribution < -0.4 is 4.72 Å². The maximum Gasteiger partial charge on any atom is 0.416 e. The molecule has 4 nitrogen and oxygen atoms in total. The third-order valence-corrected chi connectivity index (χ3v) is 6.37. The summed E-state index contributed by atoms with van der Waals surface area (Å²) in [6, 6.07) is 4.15. The molecule has 1 fully saturated rings. The van der Waals surface area contributed by atoms with Crippen molar-refractivity contribution in [2.75, 3.05) is 25.2 Å². The van der Waals surface area contributed by atoms with Gasteiger partial charge in [0.2, 0.25) is 10.0 Å². The van der Waals surface area contributed by atoms with E-state index in [1.54, 1.807) is 18.9 Å². The molecule has 1 aromatic rings. The molecule has 0 amide bonds. The number of thioether (sulfide) groups is 1. The molecule has 0 bridgehead atoms. The number of nitrogens with one attached hydrogen (secondary N) is 1. The van der Waals surface area contributed by atoms with Gasteiger partial charge in [-0.1, -0.05) is 12.1 Å². The molecule has 0 unspecified atom stereocenters. The number of rotatable bonds is 6. The van der Waals surface area contributed by atoms with E-state index in [0.29, 0.717) is 5.56 Å². The summed E-state index contributed by atoms with van der Waals surface area (Å²) in [7, 11) is -2.08. The Labute approximate surface area is 144 Å². The molecule has 0 atom stereocenters. The van der Waals surface area contributed by atoms with E-state index in [2.05, 4.69) is 4.72 Å². The monoisotopic (exact) mass is 383 g/mol. The first-order chi connectivity index (χ1) is 11.2. The minimum Gasteiger partial charge on any atom is -0.377 e. The van der Waals surface area contributed by atoms with Crippen molar-refractivity contribution >= 4 is 21.8 Å². The quantitative estimate of drug-likeness (QED) is 0.820. The molecular weight excluding hydrogens is 363 g/mol. The summed E-state index contributed by atoms with van der Waals surface area (Å²) in [4.78, 5) is 0. The van der Waals surface area contributed by atoms with Crippen LogP contribution in [-0.2, 0) is 26.7 Å². The first kappa shape index (κ1) is 19.6. The first-order valence-corrected chi connectivity index (χ1v) is 10.2. The Morgan fingerprint density at radius 2 is 1.79 bits per heavy atom. The van der Waals surface area contributed by atoms with Gasteiger partial charge in [-0.15, -0.1) is 0 Å². The van der Waals surface area contributed by atoms with Gasteiger partial charge in [-0.2, -0.15) is 24.9 Å². The molecule has 1 saturated heterocycles. The zero-order chi connectivity index (χ0) is 17.8. The SMILES string of the molecule is COC1(CNS(=O)(=O)Cc2ccc(C(F)(F)F)cc2)CCSCC1. The van der Waals surface area contributed by atoms with E-state index in [4.69, 9.17) is 4.74 Å². The Morgan fingerprint density at radius 3 is 2.29 bits per heavy atom. The normalized spacial score (nSPS) is 18.5. The van der Waals surface area contributed by atoms with Gasteiger partial charge in [0.15, 0.2) is 0 Å². The fourth-order valence-electron chi connectivity index (χ4n) is 2.50. The van der Waals surface area contributed by atoms with Crippen molar-refractivity contribution in [3.63, 3.8) is 0 Å². The molecule has 0 aliphatic carbocycles. The summed E-state index contributed by atoms with van der Waals surface area (Å²) in [6.45, 7) is 0.174. The highest BCUT2D eigenvalue weighted by molar-refractivity contribution is 7.99. The van der Waals surface area contributed by atoms with E-state index in [1.165, 1.54) is 12.1 Å². The smallest absolute Gasteiger partial charge is 0.377 e. The van der Waals surface area contributed by atoms with Gasteiger partial charge in [0, 0.05) is 13.7 Å². The predicted octanol–water partition coefficient (Wildman–Crippen LogP) is 3.04. The summed E-state index contributed by atoms with van der Waals surface area (Å²) in [5, 5.41) is 0. The lowest BCUT2D eigenvalue weighted by atomic mass is 9.97. The van der Waals surface area contributed by atoms with E-state index in [-0.39, 0.29) is 12.3 Å². The average molecular weight is 383 g/mol. The molecule has 9 heteroatoms. The van der Waals surface area contributed by atoms with Crippen molar-refractivity contribution < 1.29 is 26.3 Å². The number of ether oxygens (including phenoxy) is 1. The van der Waals surface area contributed by atoms with Crippen LogP contribution in [0, 0.1) is 0 Å². The molecule has 1 aliphatic heterocycles. The molecule has 0 radical (unpaired) electrons. The summed E-state index contributed by atoms with van der Waals surface area (Å²) in [5.74, 6) is 1.46. The Kier molecular flexibility index (Phi) is 6.22. The molecule has 0 spiro atoms. The Balaban J connectivity index is 1.98. The number of sulfonamides is 1. The summed E-state index contributed by atoms with van der Waals surface area (Å²) in [5.41, 5.74) is -0.992. The van der Waals surface area contributed by atoms with Crippen LogP contribution in [0.15, 0.2) is 24.3 Å². The fourth-order valence-corrected chi connectivity index (χ4v) is 4.95. The summed E-state index contributed by atoms with van der Waals surface area (Å²) in [6.07, 6.45) is -2.91. The van der Waals surface area contributed by atoms with Crippen molar-refractivity contribution in [3.8, 4) is 0 Å². The minimum atomic E-state index is -4.43. The van der Waals surface area contributed by atoms with Crippen LogP contribution in [-0.4, -0.2) is 39.2 Å². The van der Waals surface area contributed by atoms with Crippen LogP contribution >= 0.6 is 11.8 Å². The van der Waals surface area contributed by atoms with Crippen molar-refractivity contribution in [2.45, 2.75) is 30.4 Å². The van der Waals surface area contributed by atoms with Gasteiger partial charge in [0.1, 0.15) is 0 Å². The number of hydrogen-bond acceptors (Lipinski definition) is 4. The first-order valence-electron chi connectivity index (χ1n) is 7.42. The number of methoxy groups -OCH3 is 1. The van der Waals surface area contributed by atoms with Gasteiger partial charge >= 0.3 is 6.18 Å². The van der Waals surface area contributed by atoms with Crippen LogP contribution in [0.1, 0.15) is 24.0 Å². The molecule has 0 aromatic heterocycles. The zero-order valence-corrected chi connectivity index (χ0v) is 14.9. The van der Waals surface area contributed by atoms with Gasteiger partial charge in [-0.3, -0.25) is 0 Å². The van der Waals surface area contributed by atoms with Crippen LogP contribution in [0.5, 0.6) is 0 Å². The highest BCUT2D eigenvalue weighted by Gasteiger charge is 2.33. The Morgan fingerprint density at radius 1 is 1.21 bits per heavy atom. The van der Waals surface area contributed by atoms with Gasteiger partial charge in [0.25, 0.3) is 0 Å². The zero-order valence-electron chi connectivity index (χ0n) is 13.2. The number of hydrogen-bond donors (Lipinski definition) is 1. The summed E-state index contributed by atoms with van der Waals surface area (Å²) < 4.78 is 70.0. The van der Waals surface area contributed by atoms with Gasteiger partial charge in [-0.05, 0) is 42.0 Å². The van der Waals surface area contributed by atoms with Gasteiger partial charge < -0.3 is 4.74 Å². The van der Waals surface area contributed by atoms with Crippen molar-refractivity contribution in [3.05, 3.63) is 35.4 Å². The molecule has 1 heterocycles. The van der Waals surface area contributed by atoms with Crippen LogP contribution in [0.4, 0.5) is 13.2 Å². The standard InChI is InChI=1S/C15H20F3NO3S2/c1-22-14(6-8-23-9-7-14)11-19-24(20,21)10-12-2-4-13(5-3-12)15(16,17)18/h2-5,19H,6-11H2,1H3. The Hall–Kier alpha value is -0.770. The lowest BCUT2D eigenvalue weighted by molar-refractivity contribution is -0.137. The maximum atomic E-state index is 12.5. The van der Waals surface area contributed by atoms with Crippen molar-refractivity contribution in [2.24, 2.45) is 0 Å². The lowest BCUT2D eigenvalue weighted by Gasteiger charge is -2.35. The maximum absolute atomic E-state index is 12.5. The fraction of sp³-hybridized carbons (Fsp3) is 0.600. The average Bonchev–Trinajstić information content (AvgIpc) is 2.53. The van der Waals surface area contributed by atoms with E-state index in [1.807, 2.05) is 0 Å². The van der Waals surface area contributed by atoms with Crippen LogP contribution in [0.2, 0.25) is 0 Å². The van der Waals surface area contributed by atoms with Crippen LogP contribution in [0.25, 0.3) is 0 Å². The molecule has 2 rings (SSSR count). The third kappa shape index (κ3) is 5.37. The van der Waals surface area contributed by atoms with Crippen molar-refractivity contribution in [1.82, 2.24) is 4.72 Å². The molecule has 136 valence electrons. The predicted molar refractivity (Wildman–Crippen MR) is 88.4 cm³/mol. The molecule has 1 N–H and O–H groups in total. The second-order valence-electron chi connectivity index (χ2n) is 5.77. The van der Waals surface area contributed by atoms with E-state index in [0.717, 1.165) is 36.5 Å². The number of alkyl halides is 3. The van der Waals surface area contributed by atoms with E-state index in [9.17, 15) is 21.6 Å². The lowest BCUT2D eigenvalue weighted by Crippen LogP contribution is -2.47. The van der Waals surface area contributed by atoms with Crippen molar-refractivity contribution in [1.29, 1.82) is 0 Å². The molecule has 0 saturated carbocycles. The van der Waals surface area contributed by atoms with Gasteiger partial charge in [-0.25, -0.2) is 13.1 Å². The molecule has 24 heavy (non-hydrogen) atoms. The molecule has 1 aromatic carbocycles. The number of benzene rings is 1. The minimum absolute atomic E-state index is 0.174. The van der Waals surface area contributed by atoms with Crippen LogP contribution in [0.3, 0.4) is 0 Å². The third-order valence-electron chi connectivity index (χ3n) is 4.09. The molecular formula is C15H20F3NO3S2. The number of halogens is 3. The van der Waals surface area contributed by atoms with Gasteiger partial charge in [0.05, 0.1) is 16.9 Å². The second-order valence-corrected chi connectivity index (χ2v) is 8.81. The highest BCUT2D eigenvalue weighted by Crippen LogP contribution is 2.30.